The summed E-state index contributed by atoms with van der Waals surface area (Å²) in [5.41, 5.74) is 4.28. The molecule has 0 spiro atoms. The number of aliphatic hydroxyl groups excluding tert-OH is 1. The van der Waals surface area contributed by atoms with Gasteiger partial charge in [0.15, 0.2) is 6.23 Å². The van der Waals surface area contributed by atoms with Gasteiger partial charge in [0.2, 0.25) is 11.8 Å². The lowest BCUT2D eigenvalue weighted by Gasteiger charge is -2.39. The van der Waals surface area contributed by atoms with Crippen molar-refractivity contribution in [1.82, 2.24) is 4.90 Å². The second-order valence-corrected chi connectivity index (χ2v) is 19.0. The van der Waals surface area contributed by atoms with Crippen molar-refractivity contribution in [2.45, 2.75) is 95.6 Å². The van der Waals surface area contributed by atoms with Crippen LogP contribution in [0.1, 0.15) is 49.8 Å². The Bertz CT molecular complexity index is 1680. The molecule has 0 aromatic heterocycles. The molecule has 3 aliphatic heterocycles. The summed E-state index contributed by atoms with van der Waals surface area (Å²) in [6, 6.07) is 24.1. The van der Waals surface area contributed by atoms with Crippen molar-refractivity contribution in [1.29, 1.82) is 0 Å². The predicted octanol–water partition coefficient (Wildman–Crippen LogP) is 4.98. The molecule has 9 nitrogen and oxygen atoms in total. The third-order valence-electron chi connectivity index (χ3n) is 10.9. The van der Waals surface area contributed by atoms with Crippen molar-refractivity contribution in [3.8, 4) is 5.75 Å². The number of esters is 1. The summed E-state index contributed by atoms with van der Waals surface area (Å²) in [5, 5.41) is 11.6. The highest BCUT2D eigenvalue weighted by molar-refractivity contribution is 6.91. The summed E-state index contributed by atoms with van der Waals surface area (Å²) in [5.74, 6) is 0.552. The van der Waals surface area contributed by atoms with Crippen LogP contribution in [0.15, 0.2) is 72.8 Å². The fourth-order valence-electron chi connectivity index (χ4n) is 8.33. The van der Waals surface area contributed by atoms with Crippen LogP contribution in [-0.2, 0) is 43.2 Å². The Morgan fingerprint density at radius 3 is 2.39 bits per heavy atom. The molecular formula is C39H48N2O7Si. The molecule has 2 fully saturated rings. The van der Waals surface area contributed by atoms with Gasteiger partial charge in [-0.1, -0.05) is 73.7 Å². The lowest BCUT2D eigenvalue weighted by Crippen LogP contribution is -2.54. The molecule has 0 radical (unpaired) electrons. The van der Waals surface area contributed by atoms with Crippen molar-refractivity contribution < 1.29 is 33.7 Å². The molecule has 3 aliphatic rings. The standard InChI is InChI=1S/C39H48N2O7Si/c1-25-34(18-13-27-9-8-12-30(19-27)41-37(45)22-38(41)47-26(2)43)48-35(39(25)49(4,5)33-16-14-32(46-3)15-17-33)21-36(44)40-23-29-11-7-6-10-28(29)20-31(40)24-42/h6-12,14-17,19,25,31,34-35,38-39,42H,13,18,20-24H2,1-5H3/t25-,31-,34+,35-,38?,39+/m0/s1. The third kappa shape index (κ3) is 7.18. The van der Waals surface area contributed by atoms with E-state index in [0.717, 1.165) is 35.4 Å². The Labute approximate surface area is 290 Å². The molecular weight excluding hydrogens is 637 g/mol. The highest BCUT2D eigenvalue weighted by atomic mass is 28.3. The van der Waals surface area contributed by atoms with E-state index in [9.17, 15) is 19.5 Å². The molecule has 10 heteroatoms. The number of carbonyl (C=O) groups excluding carboxylic acids is 3. The highest BCUT2D eigenvalue weighted by Gasteiger charge is 2.51. The average Bonchev–Trinajstić information content (AvgIpc) is 3.40. The van der Waals surface area contributed by atoms with Crippen LogP contribution in [0.5, 0.6) is 5.75 Å². The molecule has 3 heterocycles. The summed E-state index contributed by atoms with van der Waals surface area (Å²) >= 11 is 0. The number of carbonyl (C=O) groups is 3. The maximum atomic E-state index is 14.1. The summed E-state index contributed by atoms with van der Waals surface area (Å²) in [7, 11) is -0.523. The normalized spacial score (nSPS) is 25.1. The van der Waals surface area contributed by atoms with Crippen molar-refractivity contribution in [3.63, 3.8) is 0 Å². The number of hydrogen-bond acceptors (Lipinski definition) is 7. The Hall–Kier alpha value is -3.99. The number of fused-ring (bicyclic) bond motifs is 1. The van der Waals surface area contributed by atoms with E-state index in [2.05, 4.69) is 44.3 Å². The second-order valence-electron chi connectivity index (χ2n) is 14.3. The van der Waals surface area contributed by atoms with E-state index >= 15 is 0 Å². The SMILES string of the molecule is COc1ccc([Si](C)(C)[C@@H]2[C@@H](C)[C@@H](CCc3cccc(N4C(=O)CC4OC(C)=O)c3)O[C@H]2CC(=O)N2Cc3ccccc3C[C@H]2CO)cc1. The number of anilines is 1. The van der Waals surface area contributed by atoms with Gasteiger partial charge < -0.3 is 24.2 Å². The van der Waals surface area contributed by atoms with Crippen molar-refractivity contribution >= 4 is 36.7 Å². The monoisotopic (exact) mass is 684 g/mol. The van der Waals surface area contributed by atoms with Crippen LogP contribution in [0.2, 0.25) is 18.6 Å². The van der Waals surface area contributed by atoms with Gasteiger partial charge in [0.25, 0.3) is 0 Å². The fourth-order valence-corrected chi connectivity index (χ4v) is 12.4. The van der Waals surface area contributed by atoms with Gasteiger partial charge >= 0.3 is 5.97 Å². The molecule has 260 valence electrons. The van der Waals surface area contributed by atoms with Crippen molar-refractivity contribution in [3.05, 3.63) is 89.5 Å². The minimum atomic E-state index is -2.19. The first-order chi connectivity index (χ1) is 23.5. The topological polar surface area (TPSA) is 106 Å². The van der Waals surface area contributed by atoms with Gasteiger partial charge in [-0.05, 0) is 71.7 Å². The van der Waals surface area contributed by atoms with Gasteiger partial charge in [-0.15, -0.1) is 0 Å². The van der Waals surface area contributed by atoms with E-state index in [1.54, 1.807) is 12.0 Å². The molecule has 0 aliphatic carbocycles. The number of aryl methyl sites for hydroxylation is 1. The fraction of sp³-hybridized carbons (Fsp3) is 0.462. The van der Waals surface area contributed by atoms with E-state index in [-0.39, 0.29) is 61.0 Å². The number of aliphatic hydroxyl groups is 1. The Balaban J connectivity index is 1.22. The van der Waals surface area contributed by atoms with Gasteiger partial charge in [0.1, 0.15) is 5.75 Å². The van der Waals surface area contributed by atoms with Crippen LogP contribution >= 0.6 is 0 Å². The number of rotatable bonds is 11. The number of methoxy groups -OCH3 is 1. The highest BCUT2D eigenvalue weighted by Crippen LogP contribution is 2.47. The molecule has 6 rings (SSSR count). The number of ether oxygens (including phenoxy) is 3. The van der Waals surface area contributed by atoms with Gasteiger partial charge in [-0.2, -0.15) is 0 Å². The van der Waals surface area contributed by atoms with Crippen LogP contribution in [0, 0.1) is 5.92 Å². The van der Waals surface area contributed by atoms with Crippen LogP contribution in [0.4, 0.5) is 5.69 Å². The average molecular weight is 685 g/mol. The van der Waals surface area contributed by atoms with E-state index in [1.165, 1.54) is 17.7 Å². The summed E-state index contributed by atoms with van der Waals surface area (Å²) in [4.78, 5) is 41.5. The smallest absolute Gasteiger partial charge is 0.304 e. The first-order valence-electron chi connectivity index (χ1n) is 17.4. The summed E-state index contributed by atoms with van der Waals surface area (Å²) in [6.45, 7) is 8.78. The zero-order valence-electron chi connectivity index (χ0n) is 29.1. The van der Waals surface area contributed by atoms with Crippen LogP contribution in [-0.4, -0.2) is 74.1 Å². The lowest BCUT2D eigenvalue weighted by molar-refractivity contribution is -0.154. The first-order valence-corrected chi connectivity index (χ1v) is 20.4. The van der Waals surface area contributed by atoms with E-state index in [1.807, 2.05) is 53.4 Å². The molecule has 2 saturated heterocycles. The molecule has 3 aromatic carbocycles. The lowest BCUT2D eigenvalue weighted by atomic mass is 9.93. The maximum Gasteiger partial charge on any atom is 0.304 e. The number of benzene rings is 3. The molecule has 2 amide bonds. The van der Waals surface area contributed by atoms with Crippen LogP contribution in [0.25, 0.3) is 0 Å². The predicted molar refractivity (Wildman–Crippen MR) is 190 cm³/mol. The second kappa shape index (κ2) is 14.5. The van der Waals surface area contributed by atoms with Crippen LogP contribution in [0.3, 0.4) is 0 Å². The largest absolute Gasteiger partial charge is 0.497 e. The molecule has 0 saturated carbocycles. The molecule has 6 atom stereocenters. The number of β-lactam (4-membered cyclic amide) rings is 1. The molecule has 1 N–H and O–H groups in total. The van der Waals surface area contributed by atoms with Crippen LogP contribution < -0.4 is 14.8 Å². The summed E-state index contributed by atoms with van der Waals surface area (Å²) < 4.78 is 17.7. The minimum absolute atomic E-state index is 0.0187. The van der Waals surface area contributed by atoms with Gasteiger partial charge in [0.05, 0.1) is 52.9 Å². The summed E-state index contributed by atoms with van der Waals surface area (Å²) in [6.07, 6.45) is 1.70. The molecule has 3 aromatic rings. The minimum Gasteiger partial charge on any atom is -0.497 e. The zero-order valence-corrected chi connectivity index (χ0v) is 30.1. The first kappa shape index (κ1) is 34.9. The van der Waals surface area contributed by atoms with Gasteiger partial charge in [-0.3, -0.25) is 19.3 Å². The van der Waals surface area contributed by atoms with Gasteiger partial charge in [0, 0.05) is 19.2 Å². The van der Waals surface area contributed by atoms with Crippen molar-refractivity contribution in [2.75, 3.05) is 18.6 Å². The van der Waals surface area contributed by atoms with Gasteiger partial charge in [-0.25, -0.2) is 0 Å². The zero-order chi connectivity index (χ0) is 34.9. The van der Waals surface area contributed by atoms with E-state index in [4.69, 9.17) is 14.2 Å². The number of hydrogen-bond donors (Lipinski definition) is 1. The number of nitrogens with zero attached hydrogens (tertiary/aromatic N) is 2. The Kier molecular flexibility index (Phi) is 10.3. The maximum absolute atomic E-state index is 14.1. The van der Waals surface area contributed by atoms with Crippen molar-refractivity contribution in [2.24, 2.45) is 5.92 Å². The Morgan fingerprint density at radius 1 is 0.980 bits per heavy atom. The Morgan fingerprint density at radius 2 is 1.71 bits per heavy atom. The quantitative estimate of drug-likeness (QED) is 0.173. The van der Waals surface area contributed by atoms with E-state index < -0.39 is 20.3 Å². The molecule has 0 bridgehead atoms. The molecule has 1 unspecified atom stereocenters. The molecule has 49 heavy (non-hydrogen) atoms. The number of amides is 2. The third-order valence-corrected chi connectivity index (χ3v) is 15.3. The van der Waals surface area contributed by atoms with E-state index in [0.29, 0.717) is 13.0 Å².